The van der Waals surface area contributed by atoms with Gasteiger partial charge in [0.1, 0.15) is 11.5 Å². The fraction of sp³-hybridized carbons (Fsp3) is 0.368. The zero-order valence-corrected chi connectivity index (χ0v) is 16.6. The molecule has 9 heteroatoms. The molecular weight excluding hydrogens is 378 g/mol. The molecule has 0 aliphatic heterocycles. The normalized spacial score (nSPS) is 14.4. The molecule has 0 spiro atoms. The molecule has 0 aromatic carbocycles. The van der Waals surface area contributed by atoms with Crippen molar-refractivity contribution in [1.29, 1.82) is 0 Å². The number of H-pyrrole nitrogens is 1. The monoisotopic (exact) mass is 401 g/mol. The molecule has 3 heterocycles. The van der Waals surface area contributed by atoms with Crippen molar-refractivity contribution in [2.24, 2.45) is 5.92 Å². The SMILES string of the molecule is CCS(=O)(=O)Nc1cnc(NCC2CC2)c(-c2cc(C)[n+]([O-])c3[nH]ccc23)c1. The van der Waals surface area contributed by atoms with Gasteiger partial charge >= 0.3 is 0 Å². The third-order valence-corrected chi connectivity index (χ3v) is 6.29. The highest BCUT2D eigenvalue weighted by Gasteiger charge is 2.23. The fourth-order valence-corrected chi connectivity index (χ4v) is 3.79. The first kappa shape index (κ1) is 18.5. The highest BCUT2D eigenvalue weighted by atomic mass is 32.2. The maximum Gasteiger partial charge on any atom is 0.290 e. The first-order chi connectivity index (χ1) is 13.4. The smallest absolute Gasteiger partial charge is 0.290 e. The second-order valence-electron chi connectivity index (χ2n) is 7.18. The van der Waals surface area contributed by atoms with E-state index in [4.69, 9.17) is 0 Å². The van der Waals surface area contributed by atoms with Gasteiger partial charge in [-0.3, -0.25) is 4.72 Å². The first-order valence-corrected chi connectivity index (χ1v) is 11.0. The quantitative estimate of drug-likeness (QED) is 0.416. The molecule has 28 heavy (non-hydrogen) atoms. The van der Waals surface area contributed by atoms with Crippen LogP contribution in [0.5, 0.6) is 0 Å². The summed E-state index contributed by atoms with van der Waals surface area (Å²) >= 11 is 0. The Hall–Kier alpha value is -2.81. The van der Waals surface area contributed by atoms with Gasteiger partial charge in [-0.1, -0.05) is 0 Å². The lowest BCUT2D eigenvalue weighted by Gasteiger charge is -2.16. The van der Waals surface area contributed by atoms with E-state index in [1.54, 1.807) is 32.2 Å². The van der Waals surface area contributed by atoms with Crippen LogP contribution in [0, 0.1) is 18.0 Å². The van der Waals surface area contributed by atoms with Gasteiger partial charge in [-0.05, 0) is 50.8 Å². The highest BCUT2D eigenvalue weighted by molar-refractivity contribution is 7.92. The molecule has 3 aromatic heterocycles. The van der Waals surface area contributed by atoms with Crippen LogP contribution in [0.25, 0.3) is 22.2 Å². The minimum Gasteiger partial charge on any atom is -0.710 e. The Bertz CT molecular complexity index is 1140. The van der Waals surface area contributed by atoms with E-state index < -0.39 is 10.0 Å². The van der Waals surface area contributed by atoms with Gasteiger partial charge in [-0.15, -0.1) is 0 Å². The fourth-order valence-electron chi connectivity index (χ4n) is 3.17. The van der Waals surface area contributed by atoms with E-state index in [2.05, 4.69) is 20.0 Å². The number of anilines is 2. The lowest BCUT2D eigenvalue weighted by atomic mass is 10.0. The van der Waals surface area contributed by atoms with Gasteiger partial charge in [-0.25, -0.2) is 23.1 Å². The molecule has 8 nitrogen and oxygen atoms in total. The van der Waals surface area contributed by atoms with E-state index in [1.807, 2.05) is 6.07 Å². The number of pyridine rings is 2. The van der Waals surface area contributed by atoms with Gasteiger partial charge in [0.25, 0.3) is 5.65 Å². The summed E-state index contributed by atoms with van der Waals surface area (Å²) in [5, 5.41) is 16.5. The van der Waals surface area contributed by atoms with Crippen molar-refractivity contribution in [2.75, 3.05) is 22.3 Å². The molecule has 4 rings (SSSR count). The number of nitrogens with zero attached hydrogens (tertiary/aromatic N) is 2. The summed E-state index contributed by atoms with van der Waals surface area (Å²) in [4.78, 5) is 7.46. The standard InChI is InChI=1S/C19H23N5O3S/c1-3-28(26,27)23-14-9-17(18(22-11-14)21-10-13-4-5-13)16-8-12(2)24(25)19-15(16)6-7-20-19/h6-9,11,13,20,23H,3-5,10H2,1-2H3,(H,21,22). The minimum absolute atomic E-state index is 0.0211. The Morgan fingerprint density at radius 2 is 2.11 bits per heavy atom. The number of rotatable bonds is 7. The summed E-state index contributed by atoms with van der Waals surface area (Å²) < 4.78 is 27.4. The average molecular weight is 401 g/mol. The Morgan fingerprint density at radius 3 is 2.82 bits per heavy atom. The summed E-state index contributed by atoms with van der Waals surface area (Å²) in [5.41, 5.74) is 2.98. The van der Waals surface area contributed by atoms with Crippen LogP contribution in [0.3, 0.4) is 0 Å². The third kappa shape index (κ3) is 3.62. The lowest BCUT2D eigenvalue weighted by Crippen LogP contribution is -2.31. The average Bonchev–Trinajstić information content (AvgIpc) is 3.37. The number of hydrogen-bond donors (Lipinski definition) is 3. The number of nitrogens with one attached hydrogen (secondary N) is 3. The Kier molecular flexibility index (Phi) is 4.62. The number of aromatic nitrogens is 3. The van der Waals surface area contributed by atoms with E-state index in [-0.39, 0.29) is 5.75 Å². The third-order valence-electron chi connectivity index (χ3n) is 4.98. The summed E-state index contributed by atoms with van der Waals surface area (Å²) in [6, 6.07) is 5.42. The Balaban J connectivity index is 1.84. The van der Waals surface area contributed by atoms with Crippen molar-refractivity contribution in [3.8, 4) is 11.1 Å². The molecule has 0 amide bonds. The predicted octanol–water partition coefficient (Wildman–Crippen LogP) is 2.76. The molecule has 0 atom stereocenters. The summed E-state index contributed by atoms with van der Waals surface area (Å²) in [6.45, 7) is 4.15. The van der Waals surface area contributed by atoms with Crippen molar-refractivity contribution in [2.45, 2.75) is 26.7 Å². The first-order valence-electron chi connectivity index (χ1n) is 9.33. The van der Waals surface area contributed by atoms with Crippen LogP contribution in [0.1, 0.15) is 25.5 Å². The van der Waals surface area contributed by atoms with Crippen LogP contribution < -0.4 is 14.8 Å². The number of hydrogen-bond acceptors (Lipinski definition) is 5. The van der Waals surface area contributed by atoms with Crippen LogP contribution in [0.15, 0.2) is 30.6 Å². The van der Waals surface area contributed by atoms with Gasteiger partial charge in [0.05, 0.1) is 29.2 Å². The molecular formula is C19H23N5O3S. The van der Waals surface area contributed by atoms with Gasteiger partial charge in [0.15, 0.2) is 0 Å². The molecule has 0 radical (unpaired) electrons. The van der Waals surface area contributed by atoms with Crippen molar-refractivity contribution in [3.05, 3.63) is 41.5 Å². The molecule has 3 N–H and O–H groups in total. The highest BCUT2D eigenvalue weighted by Crippen LogP contribution is 2.35. The second-order valence-corrected chi connectivity index (χ2v) is 9.19. The maximum atomic E-state index is 12.3. The van der Waals surface area contributed by atoms with Crippen LogP contribution in [0.2, 0.25) is 0 Å². The number of sulfonamides is 1. The van der Waals surface area contributed by atoms with Crippen molar-refractivity contribution < 1.29 is 13.1 Å². The maximum absolute atomic E-state index is 12.3. The summed E-state index contributed by atoms with van der Waals surface area (Å²) in [5.74, 6) is 1.31. The summed E-state index contributed by atoms with van der Waals surface area (Å²) in [6.07, 6.45) is 5.65. The number of aryl methyl sites for hydroxylation is 1. The molecule has 0 unspecified atom stereocenters. The van der Waals surface area contributed by atoms with Gasteiger partial charge in [-0.2, -0.15) is 0 Å². The van der Waals surface area contributed by atoms with Crippen molar-refractivity contribution >= 4 is 32.6 Å². The van der Waals surface area contributed by atoms with Crippen LogP contribution >= 0.6 is 0 Å². The van der Waals surface area contributed by atoms with Crippen molar-refractivity contribution in [3.63, 3.8) is 0 Å². The molecule has 1 fully saturated rings. The lowest BCUT2D eigenvalue weighted by molar-refractivity contribution is -0.586. The summed E-state index contributed by atoms with van der Waals surface area (Å²) in [7, 11) is -3.42. The topological polar surface area (TPSA) is 114 Å². The van der Waals surface area contributed by atoms with Gasteiger partial charge in [0.2, 0.25) is 10.0 Å². The van der Waals surface area contributed by atoms with Crippen LogP contribution in [0.4, 0.5) is 11.5 Å². The molecule has 1 aliphatic carbocycles. The number of fused-ring (bicyclic) bond motifs is 1. The molecule has 0 saturated heterocycles. The predicted molar refractivity (Wildman–Crippen MR) is 110 cm³/mol. The van der Waals surface area contributed by atoms with Gasteiger partial charge in [0, 0.05) is 17.7 Å². The largest absolute Gasteiger partial charge is 0.710 e. The van der Waals surface area contributed by atoms with E-state index >= 15 is 0 Å². The molecule has 148 valence electrons. The Morgan fingerprint density at radius 1 is 1.32 bits per heavy atom. The zero-order valence-electron chi connectivity index (χ0n) is 15.8. The number of aromatic amines is 1. The zero-order chi connectivity index (χ0) is 19.9. The van der Waals surface area contributed by atoms with E-state index in [9.17, 15) is 13.6 Å². The van der Waals surface area contributed by atoms with Gasteiger partial charge < -0.3 is 10.5 Å². The molecule has 3 aromatic rings. The van der Waals surface area contributed by atoms with E-state index in [0.717, 1.165) is 27.8 Å². The molecule has 1 aliphatic rings. The molecule has 0 bridgehead atoms. The molecule has 1 saturated carbocycles. The second kappa shape index (κ2) is 6.97. The van der Waals surface area contributed by atoms with Crippen LogP contribution in [-0.4, -0.2) is 30.7 Å². The Labute approximate surface area is 163 Å². The van der Waals surface area contributed by atoms with Crippen molar-refractivity contribution in [1.82, 2.24) is 9.97 Å². The van der Waals surface area contributed by atoms with E-state index in [1.165, 1.54) is 19.0 Å². The van der Waals surface area contributed by atoms with E-state index in [0.29, 0.717) is 28.8 Å². The van der Waals surface area contributed by atoms with Crippen LogP contribution in [-0.2, 0) is 10.0 Å². The minimum atomic E-state index is -3.42.